The van der Waals surface area contributed by atoms with Crippen LogP contribution in [-0.4, -0.2) is 9.97 Å². The Morgan fingerprint density at radius 3 is 2.58 bits per heavy atom. The standard InChI is InChI=1S/C15H11BrN2O/c1-9-13(16)15(19)18-14(17-9)12-7-6-10-4-2-3-5-11(10)8-12/h2-8H,1H3,(H,17,18,19). The van der Waals surface area contributed by atoms with Crippen LogP contribution in [0.25, 0.3) is 22.2 Å². The number of halogens is 1. The van der Waals surface area contributed by atoms with Crippen molar-refractivity contribution < 1.29 is 0 Å². The van der Waals surface area contributed by atoms with Crippen molar-refractivity contribution in [2.75, 3.05) is 0 Å². The summed E-state index contributed by atoms with van der Waals surface area (Å²) < 4.78 is 0.483. The maximum absolute atomic E-state index is 11.8. The maximum atomic E-state index is 11.8. The SMILES string of the molecule is Cc1nc(-c2ccc3ccccc3c2)[nH]c(=O)c1Br. The van der Waals surface area contributed by atoms with Crippen LogP contribution in [0.3, 0.4) is 0 Å². The Bertz CT molecular complexity index is 824. The number of H-pyrrole nitrogens is 1. The number of nitrogens with one attached hydrogen (secondary N) is 1. The van der Waals surface area contributed by atoms with Crippen LogP contribution in [0, 0.1) is 6.92 Å². The summed E-state index contributed by atoms with van der Waals surface area (Å²) in [5, 5.41) is 2.30. The fourth-order valence-corrected chi connectivity index (χ4v) is 2.23. The van der Waals surface area contributed by atoms with Crippen LogP contribution in [-0.2, 0) is 0 Å². The quantitative estimate of drug-likeness (QED) is 0.745. The van der Waals surface area contributed by atoms with Crippen molar-refractivity contribution in [1.29, 1.82) is 0 Å². The minimum Gasteiger partial charge on any atom is -0.306 e. The van der Waals surface area contributed by atoms with Crippen molar-refractivity contribution in [3.63, 3.8) is 0 Å². The second-order valence-corrected chi connectivity index (χ2v) is 5.17. The number of benzene rings is 2. The predicted molar refractivity (Wildman–Crippen MR) is 80.2 cm³/mol. The molecule has 0 fully saturated rings. The van der Waals surface area contributed by atoms with E-state index in [2.05, 4.69) is 32.0 Å². The van der Waals surface area contributed by atoms with Crippen LogP contribution in [0.4, 0.5) is 0 Å². The highest BCUT2D eigenvalue weighted by Gasteiger charge is 2.07. The first kappa shape index (κ1) is 12.1. The molecule has 1 N–H and O–H groups in total. The minimum absolute atomic E-state index is 0.157. The highest BCUT2D eigenvalue weighted by Crippen LogP contribution is 2.22. The topological polar surface area (TPSA) is 45.8 Å². The lowest BCUT2D eigenvalue weighted by Crippen LogP contribution is -2.11. The van der Waals surface area contributed by atoms with E-state index >= 15 is 0 Å². The molecule has 0 bridgehead atoms. The van der Waals surface area contributed by atoms with Crippen LogP contribution < -0.4 is 5.56 Å². The molecule has 0 saturated heterocycles. The summed E-state index contributed by atoms with van der Waals surface area (Å²) in [4.78, 5) is 18.9. The number of fused-ring (bicyclic) bond motifs is 1. The van der Waals surface area contributed by atoms with E-state index in [4.69, 9.17) is 0 Å². The van der Waals surface area contributed by atoms with E-state index in [1.165, 1.54) is 5.39 Å². The predicted octanol–water partition coefficient (Wildman–Crippen LogP) is 3.66. The van der Waals surface area contributed by atoms with Crippen molar-refractivity contribution in [3.8, 4) is 11.4 Å². The van der Waals surface area contributed by atoms with Crippen molar-refractivity contribution in [2.45, 2.75) is 6.92 Å². The lowest BCUT2D eigenvalue weighted by Gasteiger charge is -2.05. The Morgan fingerprint density at radius 2 is 1.84 bits per heavy atom. The zero-order valence-corrected chi connectivity index (χ0v) is 11.9. The Morgan fingerprint density at radius 1 is 1.11 bits per heavy atom. The van der Waals surface area contributed by atoms with Gasteiger partial charge >= 0.3 is 0 Å². The van der Waals surface area contributed by atoms with Gasteiger partial charge in [-0.05, 0) is 39.7 Å². The zero-order chi connectivity index (χ0) is 13.4. The number of nitrogens with zero attached hydrogens (tertiary/aromatic N) is 1. The zero-order valence-electron chi connectivity index (χ0n) is 10.3. The van der Waals surface area contributed by atoms with Crippen LogP contribution in [0.15, 0.2) is 51.7 Å². The van der Waals surface area contributed by atoms with Crippen LogP contribution in [0.5, 0.6) is 0 Å². The Kier molecular flexibility index (Phi) is 2.95. The third-order valence-electron chi connectivity index (χ3n) is 3.05. The van der Waals surface area contributed by atoms with Crippen molar-refractivity contribution in [3.05, 3.63) is 63.0 Å². The van der Waals surface area contributed by atoms with E-state index in [0.717, 1.165) is 10.9 Å². The molecule has 0 aliphatic heterocycles. The van der Waals surface area contributed by atoms with E-state index in [1.54, 1.807) is 0 Å². The van der Waals surface area contributed by atoms with Gasteiger partial charge in [-0.15, -0.1) is 0 Å². The van der Waals surface area contributed by atoms with Gasteiger partial charge in [-0.2, -0.15) is 0 Å². The van der Waals surface area contributed by atoms with Crippen molar-refractivity contribution in [1.82, 2.24) is 9.97 Å². The van der Waals surface area contributed by atoms with Crippen molar-refractivity contribution in [2.24, 2.45) is 0 Å². The summed E-state index contributed by atoms with van der Waals surface area (Å²) in [5.41, 5.74) is 1.44. The summed E-state index contributed by atoms with van der Waals surface area (Å²) in [6, 6.07) is 14.1. The number of aromatic nitrogens is 2. The van der Waals surface area contributed by atoms with Gasteiger partial charge < -0.3 is 4.98 Å². The molecule has 0 amide bonds. The number of aromatic amines is 1. The molecular formula is C15H11BrN2O. The third kappa shape index (κ3) is 2.19. The maximum Gasteiger partial charge on any atom is 0.265 e. The first-order chi connectivity index (χ1) is 9.15. The highest BCUT2D eigenvalue weighted by atomic mass is 79.9. The number of hydrogen-bond acceptors (Lipinski definition) is 2. The summed E-state index contributed by atoms with van der Waals surface area (Å²) >= 11 is 3.22. The van der Waals surface area contributed by atoms with E-state index in [-0.39, 0.29) is 5.56 Å². The fourth-order valence-electron chi connectivity index (χ4n) is 2.04. The average molecular weight is 315 g/mol. The van der Waals surface area contributed by atoms with E-state index in [9.17, 15) is 4.79 Å². The molecule has 0 spiro atoms. The Balaban J connectivity index is 2.22. The second kappa shape index (κ2) is 4.63. The van der Waals surface area contributed by atoms with Gasteiger partial charge in [-0.1, -0.05) is 36.4 Å². The molecule has 3 rings (SSSR count). The Labute approximate surface area is 118 Å². The minimum atomic E-state index is -0.157. The molecule has 3 aromatic rings. The third-order valence-corrected chi connectivity index (χ3v) is 3.99. The Hall–Kier alpha value is -1.94. The normalized spacial score (nSPS) is 10.8. The van der Waals surface area contributed by atoms with Gasteiger partial charge in [-0.25, -0.2) is 4.98 Å². The van der Waals surface area contributed by atoms with E-state index in [0.29, 0.717) is 16.0 Å². The molecule has 3 nitrogen and oxygen atoms in total. The first-order valence-electron chi connectivity index (χ1n) is 5.91. The fraction of sp³-hybridized carbons (Fsp3) is 0.0667. The average Bonchev–Trinajstić information content (AvgIpc) is 2.43. The molecule has 0 unspecified atom stereocenters. The summed E-state index contributed by atoms with van der Waals surface area (Å²) in [5.74, 6) is 0.594. The van der Waals surface area contributed by atoms with Crippen molar-refractivity contribution >= 4 is 26.7 Å². The van der Waals surface area contributed by atoms with Gasteiger partial charge in [0.2, 0.25) is 0 Å². The van der Waals surface area contributed by atoms with Gasteiger partial charge in [0.25, 0.3) is 5.56 Å². The molecule has 19 heavy (non-hydrogen) atoms. The largest absolute Gasteiger partial charge is 0.306 e. The molecular weight excluding hydrogens is 304 g/mol. The second-order valence-electron chi connectivity index (χ2n) is 4.38. The smallest absolute Gasteiger partial charge is 0.265 e. The number of aryl methyl sites for hydroxylation is 1. The monoisotopic (exact) mass is 314 g/mol. The van der Waals surface area contributed by atoms with E-state index in [1.807, 2.05) is 43.3 Å². The molecule has 0 aliphatic rings. The molecule has 0 atom stereocenters. The molecule has 0 saturated carbocycles. The van der Waals surface area contributed by atoms with Gasteiger partial charge in [0.05, 0.1) is 5.69 Å². The van der Waals surface area contributed by atoms with Gasteiger partial charge in [0.1, 0.15) is 10.3 Å². The summed E-state index contributed by atoms with van der Waals surface area (Å²) in [7, 11) is 0. The summed E-state index contributed by atoms with van der Waals surface area (Å²) in [6.07, 6.45) is 0. The molecule has 94 valence electrons. The molecule has 0 radical (unpaired) electrons. The van der Waals surface area contributed by atoms with Gasteiger partial charge in [0, 0.05) is 5.56 Å². The number of rotatable bonds is 1. The van der Waals surface area contributed by atoms with Gasteiger partial charge in [0.15, 0.2) is 0 Å². The highest BCUT2D eigenvalue weighted by molar-refractivity contribution is 9.10. The van der Waals surface area contributed by atoms with E-state index < -0.39 is 0 Å². The molecule has 1 heterocycles. The lowest BCUT2D eigenvalue weighted by atomic mass is 10.1. The summed E-state index contributed by atoms with van der Waals surface area (Å²) in [6.45, 7) is 1.81. The lowest BCUT2D eigenvalue weighted by molar-refractivity contribution is 1.05. The first-order valence-corrected chi connectivity index (χ1v) is 6.70. The molecule has 0 aliphatic carbocycles. The van der Waals surface area contributed by atoms with Crippen LogP contribution in [0.1, 0.15) is 5.69 Å². The molecule has 4 heteroatoms. The molecule has 1 aromatic heterocycles. The number of hydrogen-bond donors (Lipinski definition) is 1. The van der Waals surface area contributed by atoms with Crippen LogP contribution >= 0.6 is 15.9 Å². The van der Waals surface area contributed by atoms with Gasteiger partial charge in [-0.3, -0.25) is 4.79 Å². The molecule has 2 aromatic carbocycles. The van der Waals surface area contributed by atoms with Crippen LogP contribution in [0.2, 0.25) is 0 Å².